The highest BCUT2D eigenvalue weighted by Gasteiger charge is 2.17. The number of halogens is 2. The van der Waals surface area contributed by atoms with Crippen molar-refractivity contribution < 1.29 is 19.1 Å². The van der Waals surface area contributed by atoms with Gasteiger partial charge in [0.05, 0.1) is 23.9 Å². The topological polar surface area (TPSA) is 89.0 Å². The number of benzene rings is 3. The molecule has 0 radical (unpaired) electrons. The minimum Gasteiger partial charge on any atom is -0.490 e. The van der Waals surface area contributed by atoms with Crippen LogP contribution in [0.1, 0.15) is 36.6 Å². The van der Waals surface area contributed by atoms with Crippen molar-refractivity contribution in [3.63, 3.8) is 0 Å². The molecule has 0 spiro atoms. The third kappa shape index (κ3) is 7.73. The second-order valence-electron chi connectivity index (χ2n) is 7.48. The summed E-state index contributed by atoms with van der Waals surface area (Å²) in [6, 6.07) is 19.6. The van der Waals surface area contributed by atoms with Crippen molar-refractivity contribution in [1.29, 1.82) is 0 Å². The highest BCUT2D eigenvalue weighted by molar-refractivity contribution is 6.35. The van der Waals surface area contributed by atoms with Gasteiger partial charge in [-0.15, -0.1) is 0 Å². The molecule has 0 aliphatic carbocycles. The summed E-state index contributed by atoms with van der Waals surface area (Å²) in [5.74, 6) is -0.865. The first kappa shape index (κ1) is 26.1. The lowest BCUT2D eigenvalue weighted by Gasteiger charge is -2.14. The minimum atomic E-state index is -0.886. The molecule has 2 amide bonds. The normalized spacial score (nSPS) is 11.7. The second kappa shape index (κ2) is 12.8. The third-order valence-electron chi connectivity index (χ3n) is 4.86. The highest BCUT2D eigenvalue weighted by Crippen LogP contribution is 2.37. The van der Waals surface area contributed by atoms with E-state index in [4.69, 9.17) is 32.7 Å². The van der Waals surface area contributed by atoms with E-state index in [1.807, 2.05) is 49.4 Å². The molecular formula is C26H25Cl2N3O4. The maximum absolute atomic E-state index is 12.2. The van der Waals surface area contributed by atoms with E-state index >= 15 is 0 Å². The molecule has 7 nitrogen and oxygen atoms in total. The predicted molar refractivity (Wildman–Crippen MR) is 137 cm³/mol. The number of hydrogen-bond acceptors (Lipinski definition) is 5. The quantitative estimate of drug-likeness (QED) is 0.231. The number of carbonyl (C=O) groups is 2. The maximum atomic E-state index is 12.2. The summed E-state index contributed by atoms with van der Waals surface area (Å²) in [7, 11) is 0. The van der Waals surface area contributed by atoms with Gasteiger partial charge in [0, 0.05) is 5.02 Å². The van der Waals surface area contributed by atoms with Crippen LogP contribution in [0.4, 0.5) is 0 Å². The molecule has 0 fully saturated rings. The lowest BCUT2D eigenvalue weighted by Crippen LogP contribution is -2.39. The van der Waals surface area contributed by atoms with E-state index in [0.29, 0.717) is 33.7 Å². The number of hydrazone groups is 1. The third-order valence-corrected chi connectivity index (χ3v) is 5.39. The average molecular weight is 514 g/mol. The van der Waals surface area contributed by atoms with Gasteiger partial charge in [0.15, 0.2) is 11.5 Å². The van der Waals surface area contributed by atoms with Gasteiger partial charge in [-0.05, 0) is 54.8 Å². The lowest BCUT2D eigenvalue weighted by molar-refractivity contribution is -0.139. The molecule has 1 atom stereocenters. The zero-order chi connectivity index (χ0) is 25.2. The van der Waals surface area contributed by atoms with Crippen molar-refractivity contribution in [2.75, 3.05) is 6.61 Å². The summed E-state index contributed by atoms with van der Waals surface area (Å²) in [5, 5.41) is 7.44. The summed E-state index contributed by atoms with van der Waals surface area (Å²) in [6.45, 7) is 4.30. The van der Waals surface area contributed by atoms with E-state index in [0.717, 1.165) is 11.1 Å². The molecule has 182 valence electrons. The number of rotatable bonds is 9. The van der Waals surface area contributed by atoms with Gasteiger partial charge in [-0.3, -0.25) is 9.59 Å². The molecule has 3 rings (SSSR count). The molecule has 3 aromatic carbocycles. The van der Waals surface area contributed by atoms with Crippen LogP contribution in [-0.4, -0.2) is 24.6 Å². The molecule has 3 aromatic rings. The fourth-order valence-electron chi connectivity index (χ4n) is 3.11. The van der Waals surface area contributed by atoms with Crippen LogP contribution in [0.15, 0.2) is 71.8 Å². The Morgan fingerprint density at radius 2 is 1.71 bits per heavy atom. The van der Waals surface area contributed by atoms with Crippen molar-refractivity contribution >= 4 is 41.2 Å². The van der Waals surface area contributed by atoms with E-state index in [1.54, 1.807) is 31.2 Å². The van der Waals surface area contributed by atoms with Crippen molar-refractivity contribution in [2.45, 2.75) is 26.5 Å². The molecule has 0 aromatic heterocycles. The van der Waals surface area contributed by atoms with Gasteiger partial charge in [0.1, 0.15) is 6.61 Å². The van der Waals surface area contributed by atoms with E-state index in [9.17, 15) is 9.59 Å². The van der Waals surface area contributed by atoms with Crippen LogP contribution in [0.25, 0.3) is 0 Å². The van der Waals surface area contributed by atoms with E-state index in [-0.39, 0.29) is 12.6 Å². The fourth-order valence-corrected chi connectivity index (χ4v) is 3.50. The Hall–Kier alpha value is -3.55. The molecule has 0 saturated carbocycles. The van der Waals surface area contributed by atoms with Crippen LogP contribution in [0.3, 0.4) is 0 Å². The average Bonchev–Trinajstić information content (AvgIpc) is 2.85. The first-order valence-electron chi connectivity index (χ1n) is 10.9. The van der Waals surface area contributed by atoms with Gasteiger partial charge in [0.25, 0.3) is 0 Å². The molecule has 0 bridgehead atoms. The number of amides is 2. The Morgan fingerprint density at radius 3 is 2.40 bits per heavy atom. The SMILES string of the molecule is CCOc1cc(/C=N\NC(=O)C(=O)N[C@H](C)c2ccccc2)cc(Cl)c1OCc1ccc(Cl)cc1. The molecule has 0 heterocycles. The lowest BCUT2D eigenvalue weighted by atomic mass is 10.1. The molecule has 35 heavy (non-hydrogen) atoms. The van der Waals surface area contributed by atoms with E-state index in [2.05, 4.69) is 15.8 Å². The molecule has 9 heteroatoms. The van der Waals surface area contributed by atoms with Gasteiger partial charge in [0.2, 0.25) is 0 Å². The van der Waals surface area contributed by atoms with Crippen molar-refractivity contribution in [3.8, 4) is 11.5 Å². The largest absolute Gasteiger partial charge is 0.490 e. The Kier molecular flexibility index (Phi) is 9.52. The van der Waals surface area contributed by atoms with Crippen molar-refractivity contribution in [1.82, 2.24) is 10.7 Å². The monoisotopic (exact) mass is 513 g/mol. The Morgan fingerprint density at radius 1 is 1.00 bits per heavy atom. The zero-order valence-electron chi connectivity index (χ0n) is 19.3. The second-order valence-corrected chi connectivity index (χ2v) is 8.33. The van der Waals surface area contributed by atoms with Gasteiger partial charge in [-0.1, -0.05) is 65.7 Å². The van der Waals surface area contributed by atoms with Crippen molar-refractivity contribution in [3.05, 3.63) is 93.5 Å². The van der Waals surface area contributed by atoms with Crippen LogP contribution in [0, 0.1) is 0 Å². The first-order chi connectivity index (χ1) is 16.9. The number of nitrogens with one attached hydrogen (secondary N) is 2. The van der Waals surface area contributed by atoms with E-state index in [1.165, 1.54) is 6.21 Å². The Balaban J connectivity index is 1.62. The summed E-state index contributed by atoms with van der Waals surface area (Å²) in [6.07, 6.45) is 1.36. The van der Waals surface area contributed by atoms with E-state index < -0.39 is 11.8 Å². The number of nitrogens with zero attached hydrogens (tertiary/aromatic N) is 1. The van der Waals surface area contributed by atoms with Crippen molar-refractivity contribution in [2.24, 2.45) is 5.10 Å². The van der Waals surface area contributed by atoms with Crippen LogP contribution in [-0.2, 0) is 16.2 Å². The number of ether oxygens (including phenoxy) is 2. The Bertz CT molecular complexity index is 1190. The van der Waals surface area contributed by atoms with Gasteiger partial charge in [-0.25, -0.2) is 5.43 Å². The molecule has 0 saturated heterocycles. The molecule has 2 N–H and O–H groups in total. The summed E-state index contributed by atoms with van der Waals surface area (Å²) in [4.78, 5) is 24.3. The predicted octanol–water partition coefficient (Wildman–Crippen LogP) is 5.30. The highest BCUT2D eigenvalue weighted by atomic mass is 35.5. The summed E-state index contributed by atoms with van der Waals surface area (Å²) in [5.41, 5.74) is 4.57. The number of carbonyl (C=O) groups excluding carboxylic acids is 2. The van der Waals surface area contributed by atoms with Gasteiger partial charge >= 0.3 is 11.8 Å². The molecule has 0 aliphatic heterocycles. The summed E-state index contributed by atoms with van der Waals surface area (Å²) < 4.78 is 11.6. The van der Waals surface area contributed by atoms with Crippen LogP contribution in [0.2, 0.25) is 10.0 Å². The zero-order valence-corrected chi connectivity index (χ0v) is 20.8. The van der Waals surface area contributed by atoms with Gasteiger partial charge in [-0.2, -0.15) is 5.10 Å². The molecule has 0 aliphatic rings. The van der Waals surface area contributed by atoms with Crippen LogP contribution >= 0.6 is 23.2 Å². The standard InChI is InChI=1S/C26H25Cl2N3O4/c1-3-34-23-14-19(13-22(28)24(23)35-16-18-9-11-21(27)12-10-18)15-29-31-26(33)25(32)30-17(2)20-7-5-4-6-8-20/h4-15,17H,3,16H2,1-2H3,(H,30,32)(H,31,33)/b29-15-/t17-/m1/s1. The summed E-state index contributed by atoms with van der Waals surface area (Å²) >= 11 is 12.4. The molecular weight excluding hydrogens is 489 g/mol. The minimum absolute atomic E-state index is 0.275. The van der Waals surface area contributed by atoms with Gasteiger partial charge < -0.3 is 14.8 Å². The van der Waals surface area contributed by atoms with Crippen LogP contribution in [0.5, 0.6) is 11.5 Å². The molecule has 0 unspecified atom stereocenters. The Labute approximate surface area is 214 Å². The fraction of sp³-hybridized carbons (Fsp3) is 0.192. The first-order valence-corrected chi connectivity index (χ1v) is 11.7. The maximum Gasteiger partial charge on any atom is 0.329 e. The smallest absolute Gasteiger partial charge is 0.329 e. The van der Waals surface area contributed by atoms with Crippen LogP contribution < -0.4 is 20.2 Å². The number of hydrogen-bond donors (Lipinski definition) is 2.